The number of nitrogens with one attached hydrogen (secondary N) is 1. The summed E-state index contributed by atoms with van der Waals surface area (Å²) in [6, 6.07) is 8.22. The summed E-state index contributed by atoms with van der Waals surface area (Å²) in [6.07, 6.45) is 3.84. The first-order valence-corrected chi connectivity index (χ1v) is 7.83. The van der Waals surface area contributed by atoms with Crippen molar-refractivity contribution in [2.75, 3.05) is 13.1 Å². The van der Waals surface area contributed by atoms with Gasteiger partial charge in [-0.1, -0.05) is 29.3 Å². The maximum Gasteiger partial charge on any atom is 0.244 e. The molecule has 1 saturated heterocycles. The van der Waals surface area contributed by atoms with Crippen molar-refractivity contribution in [1.82, 2.24) is 10.2 Å². The van der Waals surface area contributed by atoms with Gasteiger partial charge >= 0.3 is 0 Å². The normalized spacial score (nSPS) is 19.1. The zero-order chi connectivity index (χ0) is 15.2. The van der Waals surface area contributed by atoms with Crippen molar-refractivity contribution < 1.29 is 4.79 Å². The van der Waals surface area contributed by atoms with Gasteiger partial charge in [0.2, 0.25) is 5.91 Å². The molecule has 1 heterocycles. The van der Waals surface area contributed by atoms with Gasteiger partial charge in [-0.3, -0.25) is 9.69 Å². The number of benzene rings is 1. The lowest BCUT2D eigenvalue weighted by atomic mass is 10.0. The summed E-state index contributed by atoms with van der Waals surface area (Å²) >= 11 is 5.91. The Balaban J connectivity index is 1.87. The van der Waals surface area contributed by atoms with E-state index in [-0.39, 0.29) is 11.9 Å². The van der Waals surface area contributed by atoms with Crippen molar-refractivity contribution in [2.45, 2.75) is 39.3 Å². The lowest BCUT2D eigenvalue weighted by Crippen LogP contribution is -2.47. The van der Waals surface area contributed by atoms with Crippen molar-refractivity contribution in [3.05, 3.63) is 46.5 Å². The highest BCUT2D eigenvalue weighted by atomic mass is 35.5. The second-order valence-electron chi connectivity index (χ2n) is 5.93. The average molecular weight is 307 g/mol. The molecule has 1 aliphatic rings. The molecular weight excluding hydrogens is 284 g/mol. The largest absolute Gasteiger partial charge is 0.349 e. The molecule has 0 spiro atoms. The lowest BCUT2D eigenvalue weighted by molar-refractivity contribution is -0.117. The zero-order valence-electron chi connectivity index (χ0n) is 12.7. The number of carbonyl (C=O) groups is 1. The van der Waals surface area contributed by atoms with Crippen LogP contribution in [0.1, 0.15) is 32.3 Å². The number of carbonyl (C=O) groups excluding carboxylic acids is 1. The molecule has 1 fully saturated rings. The molecule has 1 atom stereocenters. The molecular formula is C17H23ClN2O. The molecule has 0 saturated carbocycles. The van der Waals surface area contributed by atoms with Crippen LogP contribution in [0.25, 0.3) is 0 Å². The third-order valence-electron chi connectivity index (χ3n) is 3.59. The molecule has 2 rings (SSSR count). The fourth-order valence-electron chi connectivity index (χ4n) is 2.67. The Hall–Kier alpha value is -1.32. The van der Waals surface area contributed by atoms with Crippen LogP contribution in [0.15, 0.2) is 35.9 Å². The van der Waals surface area contributed by atoms with Gasteiger partial charge in [0.1, 0.15) is 0 Å². The molecule has 1 aromatic carbocycles. The van der Waals surface area contributed by atoms with Crippen LogP contribution in [-0.4, -0.2) is 29.9 Å². The van der Waals surface area contributed by atoms with Gasteiger partial charge in [0.05, 0.1) is 0 Å². The van der Waals surface area contributed by atoms with Crippen LogP contribution in [-0.2, 0) is 11.3 Å². The van der Waals surface area contributed by atoms with Gasteiger partial charge in [0, 0.05) is 30.2 Å². The summed E-state index contributed by atoms with van der Waals surface area (Å²) in [7, 11) is 0. The fraction of sp³-hybridized carbons (Fsp3) is 0.471. The molecule has 3 nitrogen and oxygen atoms in total. The fourth-order valence-corrected chi connectivity index (χ4v) is 2.80. The Morgan fingerprint density at radius 2 is 2.10 bits per heavy atom. The third kappa shape index (κ3) is 5.52. The molecule has 4 heteroatoms. The smallest absolute Gasteiger partial charge is 0.244 e. The van der Waals surface area contributed by atoms with Crippen LogP contribution in [0.3, 0.4) is 0 Å². The van der Waals surface area contributed by atoms with E-state index in [2.05, 4.69) is 22.3 Å². The number of halogens is 1. The average Bonchev–Trinajstić information content (AvgIpc) is 2.41. The Labute approximate surface area is 132 Å². The van der Waals surface area contributed by atoms with Crippen LogP contribution < -0.4 is 5.32 Å². The zero-order valence-corrected chi connectivity index (χ0v) is 13.5. The van der Waals surface area contributed by atoms with Crippen molar-refractivity contribution in [3.63, 3.8) is 0 Å². The highest BCUT2D eigenvalue weighted by molar-refractivity contribution is 6.30. The van der Waals surface area contributed by atoms with E-state index in [1.807, 2.05) is 26.0 Å². The molecule has 21 heavy (non-hydrogen) atoms. The topological polar surface area (TPSA) is 32.3 Å². The summed E-state index contributed by atoms with van der Waals surface area (Å²) in [5, 5.41) is 3.86. The summed E-state index contributed by atoms with van der Waals surface area (Å²) in [4.78, 5) is 14.2. The molecule has 0 bridgehead atoms. The van der Waals surface area contributed by atoms with Gasteiger partial charge in [-0.25, -0.2) is 0 Å². The predicted octanol–water partition coefficient (Wildman–Crippen LogP) is 3.39. The first-order chi connectivity index (χ1) is 10.0. The molecule has 1 aromatic rings. The highest BCUT2D eigenvalue weighted by Crippen LogP contribution is 2.16. The van der Waals surface area contributed by atoms with E-state index in [9.17, 15) is 4.79 Å². The Bertz CT molecular complexity index is 506. The van der Waals surface area contributed by atoms with Crippen molar-refractivity contribution in [1.29, 1.82) is 0 Å². The van der Waals surface area contributed by atoms with Gasteiger partial charge in [-0.2, -0.15) is 0 Å². The summed E-state index contributed by atoms with van der Waals surface area (Å²) in [6.45, 7) is 6.77. The van der Waals surface area contributed by atoms with Gasteiger partial charge in [0.15, 0.2) is 0 Å². The maximum atomic E-state index is 11.8. The third-order valence-corrected chi connectivity index (χ3v) is 3.84. The van der Waals surface area contributed by atoms with Crippen LogP contribution in [0, 0.1) is 0 Å². The quantitative estimate of drug-likeness (QED) is 0.865. The summed E-state index contributed by atoms with van der Waals surface area (Å²) in [5.74, 6) is 0.0216. The first kappa shape index (κ1) is 16.1. The number of allylic oxidation sites excluding steroid dienone is 1. The van der Waals surface area contributed by atoms with E-state index in [1.165, 1.54) is 5.56 Å². The molecule has 1 aliphatic heterocycles. The molecule has 1 N–H and O–H groups in total. The monoisotopic (exact) mass is 306 g/mol. The lowest BCUT2D eigenvalue weighted by Gasteiger charge is -2.33. The van der Waals surface area contributed by atoms with E-state index >= 15 is 0 Å². The van der Waals surface area contributed by atoms with E-state index in [0.29, 0.717) is 0 Å². The highest BCUT2D eigenvalue weighted by Gasteiger charge is 2.20. The van der Waals surface area contributed by atoms with E-state index in [4.69, 9.17) is 11.6 Å². The number of piperidine rings is 1. The number of hydrogen-bond acceptors (Lipinski definition) is 2. The Morgan fingerprint density at radius 3 is 2.76 bits per heavy atom. The number of amides is 1. The second-order valence-corrected chi connectivity index (χ2v) is 6.37. The minimum Gasteiger partial charge on any atom is -0.349 e. The molecule has 1 amide bonds. The number of rotatable bonds is 4. The number of likely N-dealkylation sites (tertiary alicyclic amines) is 1. The summed E-state index contributed by atoms with van der Waals surface area (Å²) < 4.78 is 0. The van der Waals surface area contributed by atoms with Crippen LogP contribution in [0.2, 0.25) is 5.02 Å². The SMILES string of the molecule is CC(C)=CC(=O)N[C@@H]1CCCN(Cc2ccc(Cl)cc2)C1. The molecule has 0 unspecified atom stereocenters. The molecule has 0 radical (unpaired) electrons. The van der Waals surface area contributed by atoms with E-state index in [0.717, 1.165) is 43.1 Å². The second kappa shape index (κ2) is 7.62. The maximum absolute atomic E-state index is 11.8. The van der Waals surface area contributed by atoms with Gasteiger partial charge < -0.3 is 5.32 Å². The number of hydrogen-bond donors (Lipinski definition) is 1. The van der Waals surface area contributed by atoms with Gasteiger partial charge in [-0.05, 0) is 50.9 Å². The van der Waals surface area contributed by atoms with Crippen molar-refractivity contribution in [2.24, 2.45) is 0 Å². The summed E-state index contributed by atoms with van der Waals surface area (Å²) in [5.41, 5.74) is 2.29. The first-order valence-electron chi connectivity index (χ1n) is 7.45. The minimum atomic E-state index is 0.0216. The molecule has 0 aliphatic carbocycles. The molecule has 114 valence electrons. The van der Waals surface area contributed by atoms with E-state index in [1.54, 1.807) is 6.08 Å². The Kier molecular flexibility index (Phi) is 5.83. The number of nitrogens with zero attached hydrogens (tertiary/aromatic N) is 1. The van der Waals surface area contributed by atoms with Crippen LogP contribution in [0.5, 0.6) is 0 Å². The van der Waals surface area contributed by atoms with Crippen LogP contribution in [0.4, 0.5) is 0 Å². The molecule has 0 aromatic heterocycles. The predicted molar refractivity (Wildman–Crippen MR) is 87.3 cm³/mol. The Morgan fingerprint density at radius 1 is 1.38 bits per heavy atom. The van der Waals surface area contributed by atoms with Gasteiger partial charge in [-0.15, -0.1) is 0 Å². The standard InChI is InChI=1S/C17H23ClN2O/c1-13(2)10-17(21)19-16-4-3-9-20(12-16)11-14-5-7-15(18)8-6-14/h5-8,10,16H,3-4,9,11-12H2,1-2H3,(H,19,21)/t16-/m1/s1. The van der Waals surface area contributed by atoms with Gasteiger partial charge in [0.25, 0.3) is 0 Å². The van der Waals surface area contributed by atoms with E-state index < -0.39 is 0 Å². The minimum absolute atomic E-state index is 0.0216. The van der Waals surface area contributed by atoms with Crippen LogP contribution >= 0.6 is 11.6 Å². The van der Waals surface area contributed by atoms with Crippen molar-refractivity contribution >= 4 is 17.5 Å². The van der Waals surface area contributed by atoms with Crippen molar-refractivity contribution in [3.8, 4) is 0 Å².